The molecule has 0 aromatic rings. The molecule has 1 aliphatic heterocycles. The summed E-state index contributed by atoms with van der Waals surface area (Å²) in [4.78, 5) is 7.85. The highest BCUT2D eigenvalue weighted by molar-refractivity contribution is 7.84. The topological polar surface area (TPSA) is 15.6 Å². The maximum Gasteiger partial charge on any atom is 0.0517 e. The molecular formula is C10H18N2S. The van der Waals surface area contributed by atoms with Crippen molar-refractivity contribution in [3.63, 3.8) is 0 Å². The number of rotatable bonds is 2. The molecule has 0 atom stereocenters. The summed E-state index contributed by atoms with van der Waals surface area (Å²) in [5.74, 6) is 0. The molecular weight excluding hydrogens is 180 g/mol. The van der Waals surface area contributed by atoms with Crippen molar-refractivity contribution < 1.29 is 0 Å². The van der Waals surface area contributed by atoms with Gasteiger partial charge in [-0.2, -0.15) is 0 Å². The third-order valence-corrected chi connectivity index (χ3v) is 2.74. The number of hydrogen-bond acceptors (Lipinski definition) is 3. The molecule has 0 radical (unpaired) electrons. The van der Waals surface area contributed by atoms with Crippen LogP contribution in [0.3, 0.4) is 0 Å². The molecule has 13 heavy (non-hydrogen) atoms. The molecule has 2 nitrogen and oxygen atoms in total. The number of nitrogens with zero attached hydrogens (tertiary/aromatic N) is 2. The summed E-state index contributed by atoms with van der Waals surface area (Å²) in [6.07, 6.45) is 2.87. The smallest absolute Gasteiger partial charge is 0.0517 e. The van der Waals surface area contributed by atoms with E-state index in [1.165, 1.54) is 0 Å². The van der Waals surface area contributed by atoms with E-state index in [0.29, 0.717) is 6.04 Å². The minimum atomic E-state index is 0.606. The Labute approximate surface area is 86.1 Å². The summed E-state index contributed by atoms with van der Waals surface area (Å²) in [5, 5.41) is 0. The molecule has 1 rings (SSSR count). The van der Waals surface area contributed by atoms with Gasteiger partial charge in [0, 0.05) is 36.7 Å². The third kappa shape index (κ3) is 2.85. The Balaban J connectivity index is 2.66. The van der Waals surface area contributed by atoms with E-state index >= 15 is 0 Å². The van der Waals surface area contributed by atoms with Gasteiger partial charge in [0.1, 0.15) is 0 Å². The van der Waals surface area contributed by atoms with Crippen LogP contribution < -0.4 is 0 Å². The highest BCUT2D eigenvalue weighted by Crippen LogP contribution is 2.22. The van der Waals surface area contributed by atoms with Crippen molar-refractivity contribution in [2.24, 2.45) is 4.99 Å². The lowest BCUT2D eigenvalue weighted by Crippen LogP contribution is -2.36. The predicted octanol–water partition coefficient (Wildman–Crippen LogP) is 2.33. The molecule has 0 amide bonds. The van der Waals surface area contributed by atoms with Crippen molar-refractivity contribution in [2.45, 2.75) is 33.2 Å². The molecule has 0 saturated carbocycles. The van der Waals surface area contributed by atoms with Crippen molar-refractivity contribution in [3.05, 3.63) is 10.6 Å². The van der Waals surface area contributed by atoms with Crippen molar-refractivity contribution in [2.75, 3.05) is 13.1 Å². The Kier molecular flexibility index (Phi) is 4.00. The quantitative estimate of drug-likeness (QED) is 0.532. The van der Waals surface area contributed by atoms with Crippen LogP contribution in [0.5, 0.6) is 0 Å². The third-order valence-electron chi connectivity index (χ3n) is 2.34. The van der Waals surface area contributed by atoms with Crippen LogP contribution in [0.4, 0.5) is 0 Å². The lowest BCUT2D eigenvalue weighted by atomic mass is 10.1. The molecule has 0 fully saturated rings. The van der Waals surface area contributed by atoms with E-state index in [0.717, 1.165) is 30.1 Å². The molecule has 0 saturated heterocycles. The molecule has 0 spiro atoms. The zero-order valence-corrected chi connectivity index (χ0v) is 9.51. The van der Waals surface area contributed by atoms with Gasteiger partial charge in [0.25, 0.3) is 0 Å². The van der Waals surface area contributed by atoms with Crippen LogP contribution in [-0.4, -0.2) is 30.2 Å². The van der Waals surface area contributed by atoms with Gasteiger partial charge in [-0.05, 0) is 20.8 Å². The second-order valence-corrected chi connectivity index (χ2v) is 4.13. The molecule has 0 bridgehead atoms. The van der Waals surface area contributed by atoms with Crippen molar-refractivity contribution in [3.8, 4) is 0 Å². The minimum Gasteiger partial charge on any atom is -0.296 e. The van der Waals surface area contributed by atoms with E-state index in [1.807, 2.05) is 13.1 Å². The molecule has 74 valence electrons. The zero-order valence-electron chi connectivity index (χ0n) is 8.62. The van der Waals surface area contributed by atoms with Gasteiger partial charge in [0.2, 0.25) is 0 Å². The van der Waals surface area contributed by atoms with E-state index in [1.54, 1.807) is 0 Å². The maximum absolute atomic E-state index is 4.47. The molecule has 1 heterocycles. The maximum atomic E-state index is 4.47. The SMILES string of the molecule is CC=NC1=C(S)CN(C(C)C)CC1. The second kappa shape index (κ2) is 4.82. The van der Waals surface area contributed by atoms with Crippen molar-refractivity contribution in [1.29, 1.82) is 0 Å². The van der Waals surface area contributed by atoms with Crippen LogP contribution >= 0.6 is 12.6 Å². The lowest BCUT2D eigenvalue weighted by molar-refractivity contribution is 0.237. The predicted molar refractivity (Wildman–Crippen MR) is 61.5 cm³/mol. The van der Waals surface area contributed by atoms with Crippen LogP contribution in [0.25, 0.3) is 0 Å². The van der Waals surface area contributed by atoms with E-state index in [2.05, 4.69) is 36.4 Å². The highest BCUT2D eigenvalue weighted by Gasteiger charge is 2.17. The van der Waals surface area contributed by atoms with E-state index in [-0.39, 0.29) is 0 Å². The van der Waals surface area contributed by atoms with Gasteiger partial charge in [-0.25, -0.2) is 0 Å². The first-order valence-corrected chi connectivity index (χ1v) is 5.23. The number of aliphatic imine (C=N–C) groups is 1. The van der Waals surface area contributed by atoms with Crippen LogP contribution in [0.2, 0.25) is 0 Å². The Bertz CT molecular complexity index is 231. The fourth-order valence-electron chi connectivity index (χ4n) is 1.49. The Morgan fingerprint density at radius 2 is 2.23 bits per heavy atom. The van der Waals surface area contributed by atoms with Gasteiger partial charge in [0.05, 0.1) is 5.70 Å². The van der Waals surface area contributed by atoms with E-state index in [9.17, 15) is 0 Å². The van der Waals surface area contributed by atoms with Gasteiger partial charge < -0.3 is 0 Å². The summed E-state index contributed by atoms with van der Waals surface area (Å²) in [5.41, 5.74) is 1.16. The Morgan fingerprint density at radius 1 is 1.54 bits per heavy atom. The van der Waals surface area contributed by atoms with Gasteiger partial charge in [-0.3, -0.25) is 9.89 Å². The first kappa shape index (κ1) is 10.8. The summed E-state index contributed by atoms with van der Waals surface area (Å²) < 4.78 is 0. The average molecular weight is 198 g/mol. The van der Waals surface area contributed by atoms with Crippen LogP contribution in [0.1, 0.15) is 27.2 Å². The van der Waals surface area contributed by atoms with Gasteiger partial charge in [-0.15, -0.1) is 12.6 Å². The molecule has 0 aliphatic carbocycles. The molecule has 0 unspecified atom stereocenters. The van der Waals surface area contributed by atoms with Gasteiger partial charge in [-0.1, -0.05) is 0 Å². The first-order valence-electron chi connectivity index (χ1n) is 4.79. The highest BCUT2D eigenvalue weighted by atomic mass is 32.1. The molecule has 1 aliphatic rings. The monoisotopic (exact) mass is 198 g/mol. The number of thiol groups is 1. The first-order chi connectivity index (χ1) is 6.15. The largest absolute Gasteiger partial charge is 0.296 e. The van der Waals surface area contributed by atoms with Gasteiger partial charge in [0.15, 0.2) is 0 Å². The molecule has 0 N–H and O–H groups in total. The fourth-order valence-corrected chi connectivity index (χ4v) is 1.84. The van der Waals surface area contributed by atoms with E-state index < -0.39 is 0 Å². The van der Waals surface area contributed by atoms with Gasteiger partial charge >= 0.3 is 0 Å². The van der Waals surface area contributed by atoms with Crippen molar-refractivity contribution >= 4 is 18.8 Å². The summed E-state index contributed by atoms with van der Waals surface area (Å²) in [6.45, 7) is 8.44. The van der Waals surface area contributed by atoms with Crippen LogP contribution in [-0.2, 0) is 0 Å². The minimum absolute atomic E-state index is 0.606. The second-order valence-electron chi connectivity index (χ2n) is 3.59. The normalized spacial score (nSPS) is 20.7. The van der Waals surface area contributed by atoms with E-state index in [4.69, 9.17) is 0 Å². The number of hydrogen-bond donors (Lipinski definition) is 1. The standard InChI is InChI=1S/C10H18N2S/c1-4-11-9-5-6-12(8(2)3)7-10(9)13/h4,8,13H,5-7H2,1-3H3. The molecule has 3 heteroatoms. The zero-order chi connectivity index (χ0) is 9.84. The van der Waals surface area contributed by atoms with Crippen molar-refractivity contribution in [1.82, 2.24) is 4.90 Å². The summed E-state index contributed by atoms with van der Waals surface area (Å²) in [6, 6.07) is 0.606. The summed E-state index contributed by atoms with van der Waals surface area (Å²) >= 11 is 4.47. The molecule has 0 aromatic carbocycles. The fraction of sp³-hybridized carbons (Fsp3) is 0.700. The Morgan fingerprint density at radius 3 is 2.69 bits per heavy atom. The summed E-state index contributed by atoms with van der Waals surface area (Å²) in [7, 11) is 0. The van der Waals surface area contributed by atoms with Crippen LogP contribution in [0, 0.1) is 0 Å². The Hall–Kier alpha value is -0.280. The average Bonchev–Trinajstić information content (AvgIpc) is 2.08. The molecule has 0 aromatic heterocycles. The van der Waals surface area contributed by atoms with Crippen LogP contribution in [0.15, 0.2) is 15.6 Å². The lowest BCUT2D eigenvalue weighted by Gasteiger charge is -2.30.